The van der Waals surface area contributed by atoms with Crippen LogP contribution in [0.5, 0.6) is 0 Å². The minimum Gasteiger partial charge on any atom is -0.361 e. The maximum Gasteiger partial charge on any atom is 0.183 e. The highest BCUT2D eigenvalue weighted by Crippen LogP contribution is 2.28. The third-order valence-corrected chi connectivity index (χ3v) is 4.92. The Labute approximate surface area is 122 Å². The number of fused-ring (bicyclic) bond motifs is 1. The smallest absolute Gasteiger partial charge is 0.183 e. The fraction of sp³-hybridized carbons (Fsp3) is 0.500. The van der Waals surface area contributed by atoms with E-state index in [0.29, 0.717) is 0 Å². The summed E-state index contributed by atoms with van der Waals surface area (Å²) in [6, 6.07) is 5.85. The third kappa shape index (κ3) is 3.02. The van der Waals surface area contributed by atoms with Gasteiger partial charge in [-0.2, -0.15) is 0 Å². The minimum atomic E-state index is 0.746. The molecule has 2 aromatic rings. The van der Waals surface area contributed by atoms with Gasteiger partial charge in [0.15, 0.2) is 5.13 Å². The first kappa shape index (κ1) is 13.2. The number of rotatable bonds is 4. The first-order valence-corrected chi connectivity index (χ1v) is 7.96. The number of nitrogens with one attached hydrogen (secondary N) is 1. The molecule has 1 atom stereocenters. The lowest BCUT2D eigenvalue weighted by molar-refractivity contribution is 0.345. The Morgan fingerprint density at radius 2 is 2.42 bits per heavy atom. The standard InChI is InChI=1S/C14H18ClN3S/c1-2-18-6-5-10(9-18)8-16-14-17-12-4-3-11(15)7-13(12)19-14/h3-4,7,10H,2,5-6,8-9H2,1H3,(H,16,17). The maximum absolute atomic E-state index is 5.99. The van der Waals surface area contributed by atoms with Crippen LogP contribution >= 0.6 is 22.9 Å². The van der Waals surface area contributed by atoms with Crippen molar-refractivity contribution < 1.29 is 0 Å². The lowest BCUT2D eigenvalue weighted by atomic mass is 10.1. The van der Waals surface area contributed by atoms with E-state index in [1.165, 1.54) is 19.5 Å². The van der Waals surface area contributed by atoms with Crippen molar-refractivity contribution in [3.8, 4) is 0 Å². The second-order valence-electron chi connectivity index (χ2n) is 5.06. The molecule has 1 unspecified atom stereocenters. The van der Waals surface area contributed by atoms with E-state index in [0.717, 1.165) is 39.4 Å². The lowest BCUT2D eigenvalue weighted by Gasteiger charge is -2.13. The molecule has 0 amide bonds. The van der Waals surface area contributed by atoms with Crippen LogP contribution in [0.4, 0.5) is 5.13 Å². The maximum atomic E-state index is 5.99. The molecule has 1 aromatic carbocycles. The molecule has 3 rings (SSSR count). The number of aromatic nitrogens is 1. The van der Waals surface area contributed by atoms with Gasteiger partial charge in [-0.25, -0.2) is 4.98 Å². The number of benzene rings is 1. The largest absolute Gasteiger partial charge is 0.361 e. The number of hydrogen-bond donors (Lipinski definition) is 1. The molecular weight excluding hydrogens is 278 g/mol. The van der Waals surface area contributed by atoms with Crippen LogP contribution in [0.1, 0.15) is 13.3 Å². The van der Waals surface area contributed by atoms with E-state index in [2.05, 4.69) is 22.1 Å². The molecule has 0 aliphatic carbocycles. The van der Waals surface area contributed by atoms with Gasteiger partial charge in [0.05, 0.1) is 10.2 Å². The Hall–Kier alpha value is -0.840. The van der Waals surface area contributed by atoms with E-state index in [9.17, 15) is 0 Å². The van der Waals surface area contributed by atoms with Crippen molar-refractivity contribution in [1.82, 2.24) is 9.88 Å². The first-order chi connectivity index (χ1) is 9.24. The Bertz CT molecular complexity index is 569. The van der Waals surface area contributed by atoms with Crippen molar-refractivity contribution >= 4 is 38.3 Å². The van der Waals surface area contributed by atoms with Crippen molar-refractivity contribution in [3.63, 3.8) is 0 Å². The Morgan fingerprint density at radius 1 is 1.53 bits per heavy atom. The molecular formula is C14H18ClN3S. The van der Waals surface area contributed by atoms with Gasteiger partial charge in [0, 0.05) is 18.1 Å². The molecule has 1 aliphatic rings. The lowest BCUT2D eigenvalue weighted by Crippen LogP contribution is -2.22. The van der Waals surface area contributed by atoms with Crippen molar-refractivity contribution in [2.75, 3.05) is 31.5 Å². The molecule has 1 aromatic heterocycles. The van der Waals surface area contributed by atoms with Crippen LogP contribution < -0.4 is 5.32 Å². The summed E-state index contributed by atoms with van der Waals surface area (Å²) in [4.78, 5) is 7.09. The van der Waals surface area contributed by atoms with Gasteiger partial charge >= 0.3 is 0 Å². The van der Waals surface area contributed by atoms with Gasteiger partial charge in [-0.3, -0.25) is 0 Å². The van der Waals surface area contributed by atoms with Crippen LogP contribution in [-0.2, 0) is 0 Å². The molecule has 0 spiro atoms. The van der Waals surface area contributed by atoms with Crippen molar-refractivity contribution in [2.24, 2.45) is 5.92 Å². The van der Waals surface area contributed by atoms with Crippen molar-refractivity contribution in [1.29, 1.82) is 0 Å². The summed E-state index contributed by atoms with van der Waals surface area (Å²) in [5.41, 5.74) is 1.03. The van der Waals surface area contributed by atoms with Crippen molar-refractivity contribution in [2.45, 2.75) is 13.3 Å². The number of nitrogens with zero attached hydrogens (tertiary/aromatic N) is 2. The van der Waals surface area contributed by atoms with E-state index >= 15 is 0 Å². The summed E-state index contributed by atoms with van der Waals surface area (Å²) in [5.74, 6) is 0.746. The minimum absolute atomic E-state index is 0.746. The van der Waals surface area contributed by atoms with Gasteiger partial charge in [0.1, 0.15) is 0 Å². The monoisotopic (exact) mass is 295 g/mol. The SMILES string of the molecule is CCN1CCC(CNc2nc3ccc(Cl)cc3s2)C1. The van der Waals surface area contributed by atoms with E-state index < -0.39 is 0 Å². The number of likely N-dealkylation sites (tertiary alicyclic amines) is 1. The Kier molecular flexibility index (Phi) is 3.91. The van der Waals surface area contributed by atoms with E-state index in [1.807, 2.05) is 18.2 Å². The predicted octanol–water partition coefficient (Wildman–Crippen LogP) is 3.70. The molecule has 3 nitrogen and oxygen atoms in total. The topological polar surface area (TPSA) is 28.2 Å². The molecule has 102 valence electrons. The van der Waals surface area contributed by atoms with Gasteiger partial charge in [-0.1, -0.05) is 29.9 Å². The normalized spacial score (nSPS) is 20.2. The van der Waals surface area contributed by atoms with Gasteiger partial charge in [0.2, 0.25) is 0 Å². The molecule has 1 fully saturated rings. The fourth-order valence-corrected chi connectivity index (χ4v) is 3.72. The van der Waals surface area contributed by atoms with E-state index in [4.69, 9.17) is 11.6 Å². The Balaban J connectivity index is 1.62. The second kappa shape index (κ2) is 5.65. The summed E-state index contributed by atoms with van der Waals surface area (Å²) < 4.78 is 1.15. The van der Waals surface area contributed by atoms with Crippen LogP contribution in [0.25, 0.3) is 10.2 Å². The highest BCUT2D eigenvalue weighted by atomic mass is 35.5. The highest BCUT2D eigenvalue weighted by molar-refractivity contribution is 7.22. The molecule has 1 aliphatic heterocycles. The summed E-state index contributed by atoms with van der Waals surface area (Å²) in [7, 11) is 0. The third-order valence-electron chi connectivity index (χ3n) is 3.71. The summed E-state index contributed by atoms with van der Waals surface area (Å²) in [6.45, 7) is 6.85. The average molecular weight is 296 g/mol. The van der Waals surface area contributed by atoms with Gasteiger partial charge in [-0.15, -0.1) is 0 Å². The van der Waals surface area contributed by atoms with E-state index in [1.54, 1.807) is 11.3 Å². The number of halogens is 1. The van der Waals surface area contributed by atoms with Crippen LogP contribution in [0.2, 0.25) is 5.02 Å². The van der Waals surface area contributed by atoms with Crippen molar-refractivity contribution in [3.05, 3.63) is 23.2 Å². The zero-order valence-electron chi connectivity index (χ0n) is 11.0. The first-order valence-electron chi connectivity index (χ1n) is 6.77. The number of hydrogen-bond acceptors (Lipinski definition) is 4. The fourth-order valence-electron chi connectivity index (χ4n) is 2.57. The number of anilines is 1. The van der Waals surface area contributed by atoms with Crippen LogP contribution in [0.3, 0.4) is 0 Å². The molecule has 0 saturated carbocycles. The summed E-state index contributed by atoms with van der Waals surface area (Å²) in [5, 5.41) is 5.26. The zero-order chi connectivity index (χ0) is 13.2. The van der Waals surface area contributed by atoms with Gasteiger partial charge in [-0.05, 0) is 43.6 Å². The van der Waals surface area contributed by atoms with Gasteiger partial charge in [0.25, 0.3) is 0 Å². The average Bonchev–Trinajstić information content (AvgIpc) is 3.01. The molecule has 0 bridgehead atoms. The van der Waals surface area contributed by atoms with Gasteiger partial charge < -0.3 is 10.2 Å². The molecule has 2 heterocycles. The number of thiazole rings is 1. The molecule has 5 heteroatoms. The predicted molar refractivity (Wildman–Crippen MR) is 83.3 cm³/mol. The molecule has 1 saturated heterocycles. The highest BCUT2D eigenvalue weighted by Gasteiger charge is 2.20. The van der Waals surface area contributed by atoms with E-state index in [-0.39, 0.29) is 0 Å². The molecule has 1 N–H and O–H groups in total. The van der Waals surface area contributed by atoms with Crippen LogP contribution in [-0.4, -0.2) is 36.1 Å². The Morgan fingerprint density at radius 3 is 3.21 bits per heavy atom. The zero-order valence-corrected chi connectivity index (χ0v) is 12.6. The molecule has 0 radical (unpaired) electrons. The molecule has 19 heavy (non-hydrogen) atoms. The summed E-state index contributed by atoms with van der Waals surface area (Å²) >= 11 is 7.67. The second-order valence-corrected chi connectivity index (χ2v) is 6.53. The summed E-state index contributed by atoms with van der Waals surface area (Å²) in [6.07, 6.45) is 1.29. The quantitative estimate of drug-likeness (QED) is 0.932. The van der Waals surface area contributed by atoms with Crippen LogP contribution in [0, 0.1) is 5.92 Å². The van der Waals surface area contributed by atoms with Crippen LogP contribution in [0.15, 0.2) is 18.2 Å².